The largest absolute Gasteiger partial charge is 0.491 e. The van der Waals surface area contributed by atoms with Gasteiger partial charge in [-0.2, -0.15) is 0 Å². The average Bonchev–Trinajstić information content (AvgIpc) is 3.19. The van der Waals surface area contributed by atoms with Crippen molar-refractivity contribution in [1.82, 2.24) is 0 Å². The fraction of sp³-hybridized carbons (Fsp3) is 0.300. The van der Waals surface area contributed by atoms with Crippen LogP contribution in [0.4, 0.5) is 5.69 Å². The summed E-state index contributed by atoms with van der Waals surface area (Å²) in [5, 5.41) is 2.65. The zero-order valence-corrected chi connectivity index (χ0v) is 14.4. The van der Waals surface area contributed by atoms with Crippen LogP contribution in [-0.4, -0.2) is 37.8 Å². The minimum absolute atomic E-state index is 0.141. The summed E-state index contributed by atoms with van der Waals surface area (Å²) in [4.78, 5) is 23.8. The van der Waals surface area contributed by atoms with E-state index in [9.17, 15) is 9.59 Å². The first-order valence-electron chi connectivity index (χ1n) is 8.57. The minimum Gasteiger partial charge on any atom is -0.491 e. The van der Waals surface area contributed by atoms with E-state index in [0.717, 1.165) is 19.4 Å². The molecular formula is C20H21NO5. The molecule has 3 rings (SSSR count). The lowest BCUT2D eigenvalue weighted by Crippen LogP contribution is -2.20. The highest BCUT2D eigenvalue weighted by molar-refractivity contribution is 5.95. The van der Waals surface area contributed by atoms with E-state index in [1.54, 1.807) is 36.4 Å². The van der Waals surface area contributed by atoms with Crippen molar-refractivity contribution in [3.63, 3.8) is 0 Å². The second-order valence-electron chi connectivity index (χ2n) is 5.96. The molecule has 0 saturated carbocycles. The molecule has 6 heteroatoms. The van der Waals surface area contributed by atoms with Crippen LogP contribution >= 0.6 is 0 Å². The molecular weight excluding hydrogens is 334 g/mol. The van der Waals surface area contributed by atoms with Gasteiger partial charge in [-0.15, -0.1) is 0 Å². The van der Waals surface area contributed by atoms with Gasteiger partial charge in [0.1, 0.15) is 12.4 Å². The van der Waals surface area contributed by atoms with Gasteiger partial charge in [0.05, 0.1) is 11.7 Å². The highest BCUT2D eigenvalue weighted by Gasteiger charge is 2.16. The van der Waals surface area contributed by atoms with Crippen molar-refractivity contribution in [3.8, 4) is 5.75 Å². The molecule has 0 bridgehead atoms. The van der Waals surface area contributed by atoms with E-state index in [1.807, 2.05) is 18.2 Å². The van der Waals surface area contributed by atoms with Crippen LogP contribution in [-0.2, 0) is 14.3 Å². The Bertz CT molecular complexity index is 724. The van der Waals surface area contributed by atoms with Crippen molar-refractivity contribution < 1.29 is 23.8 Å². The van der Waals surface area contributed by atoms with Gasteiger partial charge in [0, 0.05) is 12.3 Å². The van der Waals surface area contributed by atoms with Gasteiger partial charge in [0.15, 0.2) is 6.61 Å². The third-order valence-corrected chi connectivity index (χ3v) is 3.94. The zero-order chi connectivity index (χ0) is 18.2. The molecule has 1 saturated heterocycles. The lowest BCUT2D eigenvalue weighted by Gasteiger charge is -2.11. The van der Waals surface area contributed by atoms with Crippen molar-refractivity contribution in [2.45, 2.75) is 18.9 Å². The summed E-state index contributed by atoms with van der Waals surface area (Å²) >= 11 is 0. The Kier molecular flexibility index (Phi) is 6.22. The molecule has 0 aromatic heterocycles. The molecule has 2 aromatic rings. The van der Waals surface area contributed by atoms with E-state index >= 15 is 0 Å². The van der Waals surface area contributed by atoms with E-state index in [1.165, 1.54) is 0 Å². The van der Waals surface area contributed by atoms with Crippen molar-refractivity contribution in [2.24, 2.45) is 0 Å². The third-order valence-electron chi connectivity index (χ3n) is 3.94. The minimum atomic E-state index is -0.557. The molecule has 136 valence electrons. The first-order chi connectivity index (χ1) is 12.7. The summed E-state index contributed by atoms with van der Waals surface area (Å²) in [5.74, 6) is -0.279. The van der Waals surface area contributed by atoms with Crippen LogP contribution in [0.25, 0.3) is 0 Å². The summed E-state index contributed by atoms with van der Waals surface area (Å²) in [6.45, 7) is 0.950. The van der Waals surface area contributed by atoms with Crippen molar-refractivity contribution >= 4 is 17.6 Å². The van der Waals surface area contributed by atoms with E-state index in [-0.39, 0.29) is 18.6 Å². The van der Waals surface area contributed by atoms with Crippen molar-refractivity contribution in [1.29, 1.82) is 0 Å². The summed E-state index contributed by atoms with van der Waals surface area (Å²) in [5.41, 5.74) is 1.02. The second kappa shape index (κ2) is 9.01. The number of hydrogen-bond donors (Lipinski definition) is 1. The number of hydrogen-bond acceptors (Lipinski definition) is 5. The van der Waals surface area contributed by atoms with Gasteiger partial charge in [0.2, 0.25) is 0 Å². The average molecular weight is 355 g/mol. The Morgan fingerprint density at radius 1 is 1.08 bits per heavy atom. The molecule has 1 aliphatic heterocycles. The number of anilines is 1. The molecule has 1 aliphatic rings. The number of rotatable bonds is 7. The van der Waals surface area contributed by atoms with Crippen molar-refractivity contribution in [3.05, 3.63) is 60.2 Å². The molecule has 1 amide bonds. The zero-order valence-electron chi connectivity index (χ0n) is 14.4. The smallest absolute Gasteiger partial charge is 0.338 e. The fourth-order valence-electron chi connectivity index (χ4n) is 2.59. The molecule has 2 aromatic carbocycles. The first kappa shape index (κ1) is 17.9. The van der Waals surface area contributed by atoms with Crippen LogP contribution in [0.5, 0.6) is 5.75 Å². The Labute approximate surface area is 152 Å². The number of nitrogens with one attached hydrogen (secondary N) is 1. The monoisotopic (exact) mass is 355 g/mol. The van der Waals surface area contributed by atoms with Crippen LogP contribution in [0.15, 0.2) is 54.6 Å². The SMILES string of the molecule is O=C(COC(=O)c1ccc(OC[C@H]2CCCO2)cc1)Nc1ccccc1. The van der Waals surface area contributed by atoms with E-state index in [0.29, 0.717) is 23.6 Å². The molecule has 26 heavy (non-hydrogen) atoms. The second-order valence-corrected chi connectivity index (χ2v) is 5.96. The number of benzene rings is 2. The van der Waals surface area contributed by atoms with Gasteiger partial charge in [0.25, 0.3) is 5.91 Å². The summed E-state index contributed by atoms with van der Waals surface area (Å²) < 4.78 is 16.2. The Morgan fingerprint density at radius 3 is 2.54 bits per heavy atom. The predicted octanol–water partition coefficient (Wildman–Crippen LogP) is 3.04. The van der Waals surface area contributed by atoms with Gasteiger partial charge in [-0.05, 0) is 49.2 Å². The number of esters is 1. The number of para-hydroxylation sites is 1. The fourth-order valence-corrected chi connectivity index (χ4v) is 2.59. The molecule has 0 spiro atoms. The number of ether oxygens (including phenoxy) is 3. The van der Waals surface area contributed by atoms with Gasteiger partial charge >= 0.3 is 5.97 Å². The Hall–Kier alpha value is -2.86. The molecule has 6 nitrogen and oxygen atoms in total. The lowest BCUT2D eigenvalue weighted by molar-refractivity contribution is -0.119. The van der Waals surface area contributed by atoms with Crippen LogP contribution < -0.4 is 10.1 Å². The highest BCUT2D eigenvalue weighted by atomic mass is 16.5. The number of carbonyl (C=O) groups is 2. The summed E-state index contributed by atoms with van der Waals surface area (Å²) in [6.07, 6.45) is 2.22. The Balaban J connectivity index is 1.43. The van der Waals surface area contributed by atoms with Crippen molar-refractivity contribution in [2.75, 3.05) is 25.1 Å². The van der Waals surface area contributed by atoms with E-state index in [4.69, 9.17) is 14.2 Å². The molecule has 1 atom stereocenters. The van der Waals surface area contributed by atoms with E-state index in [2.05, 4.69) is 5.32 Å². The van der Waals surface area contributed by atoms with Crippen LogP contribution in [0.1, 0.15) is 23.2 Å². The molecule has 1 N–H and O–H groups in total. The first-order valence-corrected chi connectivity index (χ1v) is 8.57. The van der Waals surface area contributed by atoms with Gasteiger partial charge < -0.3 is 19.5 Å². The van der Waals surface area contributed by atoms with Gasteiger partial charge in [-0.3, -0.25) is 4.79 Å². The Morgan fingerprint density at radius 2 is 1.85 bits per heavy atom. The normalized spacial score (nSPS) is 16.1. The van der Waals surface area contributed by atoms with Gasteiger partial charge in [-0.1, -0.05) is 18.2 Å². The van der Waals surface area contributed by atoms with Crippen LogP contribution in [0.3, 0.4) is 0 Å². The van der Waals surface area contributed by atoms with Crippen LogP contribution in [0.2, 0.25) is 0 Å². The lowest BCUT2D eigenvalue weighted by atomic mass is 10.2. The summed E-state index contributed by atoms with van der Waals surface area (Å²) in [6, 6.07) is 15.6. The maximum Gasteiger partial charge on any atom is 0.338 e. The topological polar surface area (TPSA) is 73.9 Å². The molecule has 1 fully saturated rings. The maximum absolute atomic E-state index is 12.0. The molecule has 0 aliphatic carbocycles. The van der Waals surface area contributed by atoms with E-state index < -0.39 is 5.97 Å². The standard InChI is InChI=1S/C20H21NO5/c22-19(21-16-5-2-1-3-6-16)14-26-20(23)15-8-10-17(11-9-15)25-13-18-7-4-12-24-18/h1-3,5-6,8-11,18H,4,7,12-14H2,(H,21,22)/t18-/m1/s1. The molecule has 0 unspecified atom stereocenters. The molecule has 1 heterocycles. The summed E-state index contributed by atoms with van der Waals surface area (Å²) in [7, 11) is 0. The third kappa shape index (κ3) is 5.32. The molecule has 0 radical (unpaired) electrons. The number of carbonyl (C=O) groups excluding carboxylic acids is 2. The maximum atomic E-state index is 12.0. The van der Waals surface area contributed by atoms with Gasteiger partial charge in [-0.25, -0.2) is 4.79 Å². The predicted molar refractivity (Wildman–Crippen MR) is 96.3 cm³/mol. The number of amides is 1. The quantitative estimate of drug-likeness (QED) is 0.773. The van der Waals surface area contributed by atoms with Crippen LogP contribution in [0, 0.1) is 0 Å². The highest BCUT2D eigenvalue weighted by Crippen LogP contribution is 2.17.